The van der Waals surface area contributed by atoms with Crippen LogP contribution in [-0.2, 0) is 9.16 Å². The molecular formula is C30H45NO4Si. The third-order valence-corrected chi connectivity index (χ3v) is 12.3. The quantitative estimate of drug-likeness (QED) is 0.461. The highest BCUT2D eigenvalue weighted by molar-refractivity contribution is 6.99. The van der Waals surface area contributed by atoms with Crippen molar-refractivity contribution in [2.45, 2.75) is 84.5 Å². The van der Waals surface area contributed by atoms with Gasteiger partial charge in [0.15, 0.2) is 0 Å². The number of carbonyl (C=O) groups excluding carboxylic acids is 1. The molecule has 36 heavy (non-hydrogen) atoms. The Labute approximate surface area is 218 Å². The molecule has 2 unspecified atom stereocenters. The third kappa shape index (κ3) is 6.58. The van der Waals surface area contributed by atoms with E-state index in [2.05, 4.69) is 102 Å². The molecule has 1 fully saturated rings. The minimum atomic E-state index is -2.74. The smallest absolute Gasteiger partial charge is 0.410 e. The Balaban J connectivity index is 1.92. The Bertz CT molecular complexity index is 907. The number of ether oxygens (including phenoxy) is 1. The molecule has 6 heteroatoms. The van der Waals surface area contributed by atoms with Gasteiger partial charge < -0.3 is 19.2 Å². The minimum absolute atomic E-state index is 0.0941. The normalized spacial score (nSPS) is 16.6. The molecule has 5 nitrogen and oxygen atoms in total. The van der Waals surface area contributed by atoms with E-state index in [0.29, 0.717) is 12.8 Å². The predicted octanol–water partition coefficient (Wildman–Crippen LogP) is 5.35. The van der Waals surface area contributed by atoms with Crippen molar-refractivity contribution in [3.05, 3.63) is 60.7 Å². The topological polar surface area (TPSA) is 59.0 Å². The molecule has 1 amide bonds. The van der Waals surface area contributed by atoms with Gasteiger partial charge in [-0.05, 0) is 46.5 Å². The summed E-state index contributed by atoms with van der Waals surface area (Å²) in [6.45, 7) is 14.8. The van der Waals surface area contributed by atoms with Gasteiger partial charge in [0.05, 0.1) is 12.7 Å². The summed E-state index contributed by atoms with van der Waals surface area (Å²) in [4.78, 5) is 14.3. The van der Waals surface area contributed by atoms with Crippen molar-refractivity contribution >= 4 is 24.8 Å². The molecule has 0 aliphatic carbocycles. The Kier molecular flexibility index (Phi) is 9.42. The first kappa shape index (κ1) is 28.4. The number of likely N-dealkylation sites (tertiary alicyclic amines) is 1. The molecule has 1 N–H and O–H groups in total. The zero-order valence-corrected chi connectivity index (χ0v) is 24.0. The number of aliphatic hydroxyl groups is 1. The predicted molar refractivity (Wildman–Crippen MR) is 149 cm³/mol. The van der Waals surface area contributed by atoms with Gasteiger partial charge in [-0.2, -0.15) is 0 Å². The number of benzene rings is 2. The van der Waals surface area contributed by atoms with Gasteiger partial charge in [-0.15, -0.1) is 0 Å². The molecule has 0 bridgehead atoms. The van der Waals surface area contributed by atoms with Gasteiger partial charge in [0.1, 0.15) is 6.10 Å². The molecule has 0 spiro atoms. The Morgan fingerprint density at radius 2 is 1.39 bits per heavy atom. The summed E-state index contributed by atoms with van der Waals surface area (Å²) in [6, 6.07) is 21.3. The van der Waals surface area contributed by atoms with E-state index in [9.17, 15) is 9.90 Å². The monoisotopic (exact) mass is 511 g/mol. The summed E-state index contributed by atoms with van der Waals surface area (Å²) in [5, 5.41) is 12.4. The van der Waals surface area contributed by atoms with Gasteiger partial charge in [-0.3, -0.25) is 0 Å². The first-order valence-electron chi connectivity index (χ1n) is 13.3. The molecule has 1 heterocycles. The highest BCUT2D eigenvalue weighted by atomic mass is 28.4. The number of aliphatic hydroxyl groups excluding tert-OH is 1. The van der Waals surface area contributed by atoms with Crippen molar-refractivity contribution in [3.63, 3.8) is 0 Å². The largest absolute Gasteiger partial charge is 0.444 e. The van der Waals surface area contributed by atoms with Crippen molar-refractivity contribution < 1.29 is 19.1 Å². The summed E-state index contributed by atoms with van der Waals surface area (Å²) < 4.78 is 13.2. The molecule has 0 aromatic heterocycles. The van der Waals surface area contributed by atoms with Crippen molar-refractivity contribution in [1.29, 1.82) is 0 Å². The third-order valence-electron chi connectivity index (χ3n) is 7.29. The van der Waals surface area contributed by atoms with E-state index in [1.165, 1.54) is 10.4 Å². The second kappa shape index (κ2) is 11.9. The van der Waals surface area contributed by atoms with E-state index in [1.807, 2.05) is 0 Å². The molecular weight excluding hydrogens is 466 g/mol. The first-order chi connectivity index (χ1) is 17.0. The van der Waals surface area contributed by atoms with Gasteiger partial charge in [-0.1, -0.05) is 102 Å². The summed E-state index contributed by atoms with van der Waals surface area (Å²) >= 11 is 0. The van der Waals surface area contributed by atoms with Gasteiger partial charge >= 0.3 is 6.09 Å². The summed E-state index contributed by atoms with van der Waals surface area (Å²) in [7, 11) is -2.74. The average molecular weight is 512 g/mol. The lowest BCUT2D eigenvalue weighted by Gasteiger charge is -2.48. The number of hydrogen-bond donors (Lipinski definition) is 1. The lowest BCUT2D eigenvalue weighted by Crippen LogP contribution is -2.68. The van der Waals surface area contributed by atoms with Crippen LogP contribution >= 0.6 is 0 Å². The van der Waals surface area contributed by atoms with E-state index in [-0.39, 0.29) is 29.3 Å². The maximum absolute atomic E-state index is 12.6. The molecule has 3 rings (SSSR count). The SMILES string of the molecule is CC(C)(C)C(CCC(CO)OC(=O)N1CCCC1)O[Si](c1ccccc1)(c1ccccc1)C(C)(C)C. The van der Waals surface area contributed by atoms with E-state index in [4.69, 9.17) is 9.16 Å². The van der Waals surface area contributed by atoms with Crippen LogP contribution in [0.15, 0.2) is 60.7 Å². The highest BCUT2D eigenvalue weighted by Gasteiger charge is 2.52. The number of amides is 1. The van der Waals surface area contributed by atoms with E-state index < -0.39 is 14.4 Å². The fourth-order valence-electron chi connectivity index (χ4n) is 5.21. The molecule has 198 valence electrons. The number of nitrogens with zero attached hydrogens (tertiary/aromatic N) is 1. The number of rotatable bonds is 9. The molecule has 1 aliphatic heterocycles. The molecule has 2 atom stereocenters. The van der Waals surface area contributed by atoms with E-state index in [0.717, 1.165) is 25.9 Å². The Hall–Kier alpha value is -2.15. The fourth-order valence-corrected chi connectivity index (χ4v) is 10.1. The highest BCUT2D eigenvalue weighted by Crippen LogP contribution is 2.40. The summed E-state index contributed by atoms with van der Waals surface area (Å²) in [6.07, 6.45) is 2.32. The second-order valence-corrected chi connectivity index (χ2v) is 16.3. The lowest BCUT2D eigenvalue weighted by molar-refractivity contribution is 0.0127. The van der Waals surface area contributed by atoms with Crippen LogP contribution < -0.4 is 10.4 Å². The zero-order chi connectivity index (χ0) is 26.4. The molecule has 0 radical (unpaired) electrons. The molecule has 0 saturated carbocycles. The summed E-state index contributed by atoms with van der Waals surface area (Å²) in [5.74, 6) is 0. The van der Waals surface area contributed by atoms with Gasteiger partial charge in [-0.25, -0.2) is 4.79 Å². The Morgan fingerprint density at radius 3 is 1.81 bits per heavy atom. The van der Waals surface area contributed by atoms with Gasteiger partial charge in [0.25, 0.3) is 8.32 Å². The number of hydrogen-bond acceptors (Lipinski definition) is 4. The van der Waals surface area contributed by atoms with Crippen LogP contribution in [0, 0.1) is 5.41 Å². The van der Waals surface area contributed by atoms with Crippen molar-refractivity contribution in [2.75, 3.05) is 19.7 Å². The van der Waals surface area contributed by atoms with Gasteiger partial charge in [0, 0.05) is 13.1 Å². The Morgan fingerprint density at radius 1 is 0.889 bits per heavy atom. The van der Waals surface area contributed by atoms with Crippen molar-refractivity contribution in [2.24, 2.45) is 5.41 Å². The van der Waals surface area contributed by atoms with E-state index >= 15 is 0 Å². The first-order valence-corrected chi connectivity index (χ1v) is 15.2. The second-order valence-electron chi connectivity index (χ2n) is 12.1. The van der Waals surface area contributed by atoms with Gasteiger partial charge in [0.2, 0.25) is 0 Å². The average Bonchev–Trinajstić information content (AvgIpc) is 3.38. The standard InChI is InChI=1S/C30H45NO4Si/c1-29(2,3)27(20-19-24(23-32)34-28(33)31-21-13-14-22-31)35-36(30(4,5)6,25-15-9-7-10-16-25)26-17-11-8-12-18-26/h7-12,15-18,24,27,32H,13-14,19-23H2,1-6H3. The maximum Gasteiger partial charge on any atom is 0.410 e. The van der Waals surface area contributed by atoms with Crippen LogP contribution in [0.2, 0.25) is 5.04 Å². The van der Waals surface area contributed by atoms with Crippen molar-refractivity contribution in [3.8, 4) is 0 Å². The molecule has 1 aliphatic rings. The van der Waals surface area contributed by atoms with Crippen LogP contribution in [0.4, 0.5) is 4.79 Å². The summed E-state index contributed by atoms with van der Waals surface area (Å²) in [5.41, 5.74) is -0.147. The van der Waals surface area contributed by atoms with Crippen LogP contribution in [0.3, 0.4) is 0 Å². The van der Waals surface area contributed by atoms with Crippen molar-refractivity contribution in [1.82, 2.24) is 4.90 Å². The minimum Gasteiger partial charge on any atom is -0.444 e. The molecule has 2 aromatic carbocycles. The molecule has 1 saturated heterocycles. The van der Waals surface area contributed by atoms with Crippen LogP contribution in [0.1, 0.15) is 67.2 Å². The maximum atomic E-state index is 12.6. The zero-order valence-electron chi connectivity index (χ0n) is 23.0. The van der Waals surface area contributed by atoms with Crippen LogP contribution in [0.5, 0.6) is 0 Å². The van der Waals surface area contributed by atoms with Crippen LogP contribution in [0.25, 0.3) is 0 Å². The number of carbonyl (C=O) groups is 1. The van der Waals surface area contributed by atoms with Crippen LogP contribution in [-0.4, -0.2) is 56.3 Å². The fraction of sp³-hybridized carbons (Fsp3) is 0.567. The molecule has 2 aromatic rings. The van der Waals surface area contributed by atoms with E-state index in [1.54, 1.807) is 4.90 Å². The lowest BCUT2D eigenvalue weighted by atomic mass is 9.86.